The van der Waals surface area contributed by atoms with Crippen LogP contribution in [0.5, 0.6) is 5.75 Å². The lowest BCUT2D eigenvalue weighted by atomic mass is 9.64. The summed E-state index contributed by atoms with van der Waals surface area (Å²) in [6.45, 7) is 6.80. The number of phenols is 1. The summed E-state index contributed by atoms with van der Waals surface area (Å²) in [5.41, 5.74) is 6.34. The van der Waals surface area contributed by atoms with Gasteiger partial charge in [0.2, 0.25) is 0 Å². The molecule has 4 N–H and O–H groups in total. The van der Waals surface area contributed by atoms with E-state index in [4.69, 9.17) is 10.5 Å². The number of hydrogen-bond donors (Lipinski definition) is 3. The number of rotatable bonds is 4. The fraction of sp³-hybridized carbons (Fsp3) is 0.533. The molecule has 1 fully saturated rings. The molecule has 0 aliphatic heterocycles. The number of aromatic hydroxyl groups is 1. The summed E-state index contributed by atoms with van der Waals surface area (Å²) in [6.07, 6.45) is 0.963. The number of carbonyl (C=O) groups is 1. The van der Waals surface area contributed by atoms with E-state index in [1.165, 1.54) is 18.2 Å². The number of anilines is 1. The van der Waals surface area contributed by atoms with Gasteiger partial charge in [-0.3, -0.25) is 4.79 Å². The van der Waals surface area contributed by atoms with E-state index in [0.717, 1.165) is 6.42 Å². The molecule has 1 aliphatic carbocycles. The Hall–Kier alpha value is -1.75. The van der Waals surface area contributed by atoms with Crippen molar-refractivity contribution in [3.8, 4) is 5.75 Å². The quantitative estimate of drug-likeness (QED) is 0.580. The lowest BCUT2D eigenvalue weighted by molar-refractivity contribution is -0.111. The van der Waals surface area contributed by atoms with Crippen LogP contribution in [-0.2, 0) is 4.74 Å². The molecule has 1 aromatic rings. The molecule has 1 aromatic carbocycles. The molecule has 2 rings (SSSR count). The van der Waals surface area contributed by atoms with Gasteiger partial charge < -0.3 is 20.9 Å². The minimum atomic E-state index is -0.258. The maximum absolute atomic E-state index is 12.2. The zero-order valence-electron chi connectivity index (χ0n) is 12.1. The summed E-state index contributed by atoms with van der Waals surface area (Å²) in [5, 5.41) is 12.4. The first kappa shape index (κ1) is 14.7. The van der Waals surface area contributed by atoms with Gasteiger partial charge in [-0.1, -0.05) is 13.8 Å². The predicted molar refractivity (Wildman–Crippen MR) is 77.6 cm³/mol. The molecule has 1 amide bonds. The van der Waals surface area contributed by atoms with Gasteiger partial charge in [0.15, 0.2) is 0 Å². The zero-order valence-corrected chi connectivity index (χ0v) is 12.1. The average Bonchev–Trinajstić information content (AvgIpc) is 2.40. The fourth-order valence-corrected chi connectivity index (χ4v) is 2.59. The number of nitrogens with one attached hydrogen (secondary N) is 1. The van der Waals surface area contributed by atoms with E-state index >= 15 is 0 Å². The van der Waals surface area contributed by atoms with Crippen LogP contribution >= 0.6 is 0 Å². The molecule has 0 aromatic heterocycles. The number of hydrogen-bond acceptors (Lipinski definition) is 4. The second kappa shape index (κ2) is 5.32. The van der Waals surface area contributed by atoms with Gasteiger partial charge in [0.25, 0.3) is 5.91 Å². The van der Waals surface area contributed by atoms with Crippen molar-refractivity contribution in [2.24, 2.45) is 5.41 Å². The van der Waals surface area contributed by atoms with Crippen molar-refractivity contribution < 1.29 is 14.6 Å². The molecular weight excluding hydrogens is 256 g/mol. The van der Waals surface area contributed by atoms with Crippen molar-refractivity contribution in [2.75, 3.05) is 12.3 Å². The van der Waals surface area contributed by atoms with Crippen LogP contribution in [0.2, 0.25) is 0 Å². The molecule has 0 spiro atoms. The second-order valence-electron chi connectivity index (χ2n) is 5.80. The normalized spacial score (nSPS) is 23.9. The minimum Gasteiger partial charge on any atom is -0.508 e. The van der Waals surface area contributed by atoms with Gasteiger partial charge >= 0.3 is 0 Å². The maximum Gasteiger partial charge on any atom is 0.253 e. The van der Waals surface area contributed by atoms with Gasteiger partial charge in [0, 0.05) is 23.8 Å². The van der Waals surface area contributed by atoms with Gasteiger partial charge in [-0.2, -0.15) is 0 Å². The van der Waals surface area contributed by atoms with Crippen LogP contribution in [0.25, 0.3) is 0 Å². The van der Waals surface area contributed by atoms with Crippen molar-refractivity contribution in [3.05, 3.63) is 23.8 Å². The second-order valence-corrected chi connectivity index (χ2v) is 5.80. The molecular formula is C15H22N2O3. The molecule has 110 valence electrons. The van der Waals surface area contributed by atoms with Crippen LogP contribution in [0.15, 0.2) is 18.2 Å². The monoisotopic (exact) mass is 278 g/mol. The largest absolute Gasteiger partial charge is 0.508 e. The molecule has 5 heteroatoms. The van der Waals surface area contributed by atoms with Crippen LogP contribution in [0.3, 0.4) is 0 Å². The topological polar surface area (TPSA) is 84.6 Å². The Morgan fingerprint density at radius 2 is 2.25 bits per heavy atom. The highest BCUT2D eigenvalue weighted by Gasteiger charge is 2.49. The Bertz CT molecular complexity index is 514. The van der Waals surface area contributed by atoms with Crippen LogP contribution in [0.1, 0.15) is 37.6 Å². The van der Waals surface area contributed by atoms with E-state index in [1.54, 1.807) is 0 Å². The zero-order chi connectivity index (χ0) is 14.9. The summed E-state index contributed by atoms with van der Waals surface area (Å²) in [5.74, 6) is -0.226. The molecule has 1 aliphatic rings. The Labute approximate surface area is 119 Å². The number of nitrogen functional groups attached to an aromatic ring is 1. The molecule has 0 radical (unpaired) electrons. The van der Waals surface area contributed by atoms with E-state index in [2.05, 4.69) is 19.2 Å². The SMILES string of the molecule is CCOC1CC(NC(=O)c2cc(O)ccc2N)C1(C)C. The number of ether oxygens (including phenoxy) is 1. The standard InChI is InChI=1S/C15H22N2O3/c1-4-20-13-8-12(15(13,2)3)17-14(19)10-7-9(18)5-6-11(10)16/h5-7,12-13,18H,4,8,16H2,1-3H3,(H,17,19). The van der Waals surface area contributed by atoms with E-state index in [9.17, 15) is 9.90 Å². The molecule has 0 bridgehead atoms. The summed E-state index contributed by atoms with van der Waals surface area (Å²) in [7, 11) is 0. The van der Waals surface area contributed by atoms with Gasteiger partial charge in [-0.25, -0.2) is 0 Å². The van der Waals surface area contributed by atoms with E-state index in [1.807, 2.05) is 6.92 Å². The predicted octanol–water partition coefficient (Wildman–Crippen LogP) is 1.91. The highest BCUT2D eigenvalue weighted by Crippen LogP contribution is 2.42. The van der Waals surface area contributed by atoms with Crippen LogP contribution in [0, 0.1) is 5.41 Å². The van der Waals surface area contributed by atoms with Crippen molar-refractivity contribution in [1.29, 1.82) is 0 Å². The van der Waals surface area contributed by atoms with Crippen molar-refractivity contribution in [2.45, 2.75) is 39.3 Å². The molecule has 0 heterocycles. The first-order valence-electron chi connectivity index (χ1n) is 6.87. The Balaban J connectivity index is 2.05. The third kappa shape index (κ3) is 2.58. The fourth-order valence-electron chi connectivity index (χ4n) is 2.59. The molecule has 2 atom stereocenters. The number of phenolic OH excluding ortho intramolecular Hbond substituents is 1. The van der Waals surface area contributed by atoms with Crippen molar-refractivity contribution >= 4 is 11.6 Å². The van der Waals surface area contributed by atoms with Crippen LogP contribution < -0.4 is 11.1 Å². The summed E-state index contributed by atoms with van der Waals surface area (Å²) >= 11 is 0. The highest BCUT2D eigenvalue weighted by molar-refractivity contribution is 5.99. The number of benzene rings is 1. The maximum atomic E-state index is 12.2. The third-order valence-electron chi connectivity index (χ3n) is 4.13. The highest BCUT2D eigenvalue weighted by atomic mass is 16.5. The summed E-state index contributed by atoms with van der Waals surface area (Å²) < 4.78 is 5.64. The summed E-state index contributed by atoms with van der Waals surface area (Å²) in [6, 6.07) is 4.42. The Kier molecular flexibility index (Phi) is 3.90. The lowest BCUT2D eigenvalue weighted by Gasteiger charge is -2.51. The molecule has 20 heavy (non-hydrogen) atoms. The number of nitrogens with two attached hydrogens (primary N) is 1. The van der Waals surface area contributed by atoms with Crippen molar-refractivity contribution in [1.82, 2.24) is 5.32 Å². The van der Waals surface area contributed by atoms with Gasteiger partial charge in [0.05, 0.1) is 11.7 Å². The van der Waals surface area contributed by atoms with Crippen LogP contribution in [0.4, 0.5) is 5.69 Å². The van der Waals surface area contributed by atoms with Crippen LogP contribution in [-0.4, -0.2) is 29.8 Å². The Morgan fingerprint density at radius 1 is 1.55 bits per heavy atom. The molecule has 1 saturated carbocycles. The van der Waals surface area contributed by atoms with Crippen molar-refractivity contribution in [3.63, 3.8) is 0 Å². The van der Waals surface area contributed by atoms with E-state index in [0.29, 0.717) is 17.9 Å². The molecule has 2 unspecified atom stereocenters. The number of amides is 1. The van der Waals surface area contributed by atoms with Gasteiger partial charge in [-0.05, 0) is 31.5 Å². The molecule has 5 nitrogen and oxygen atoms in total. The van der Waals surface area contributed by atoms with E-state index < -0.39 is 0 Å². The minimum absolute atomic E-state index is 0.0319. The lowest BCUT2D eigenvalue weighted by Crippen LogP contribution is -2.62. The Morgan fingerprint density at radius 3 is 2.85 bits per heavy atom. The molecule has 0 saturated heterocycles. The average molecular weight is 278 g/mol. The first-order valence-corrected chi connectivity index (χ1v) is 6.87. The summed E-state index contributed by atoms with van der Waals surface area (Å²) in [4.78, 5) is 12.2. The van der Waals surface area contributed by atoms with E-state index in [-0.39, 0.29) is 29.2 Å². The first-order chi connectivity index (χ1) is 9.36. The van der Waals surface area contributed by atoms with Gasteiger partial charge in [0.1, 0.15) is 5.75 Å². The smallest absolute Gasteiger partial charge is 0.253 e. The third-order valence-corrected chi connectivity index (χ3v) is 4.13. The number of carbonyl (C=O) groups excluding carboxylic acids is 1. The van der Waals surface area contributed by atoms with Gasteiger partial charge in [-0.15, -0.1) is 0 Å².